The van der Waals surface area contributed by atoms with E-state index in [9.17, 15) is 0 Å². The van der Waals surface area contributed by atoms with Crippen LogP contribution in [-0.2, 0) is 4.74 Å². The number of rotatable bonds is 0. The Balaban J connectivity index is 2.00. The van der Waals surface area contributed by atoms with Gasteiger partial charge in [-0.15, -0.1) is 0 Å². The summed E-state index contributed by atoms with van der Waals surface area (Å²) in [5.41, 5.74) is 0. The van der Waals surface area contributed by atoms with Gasteiger partial charge in [-0.05, 0) is 25.9 Å². The fourth-order valence-electron chi connectivity index (χ4n) is 1.32. The summed E-state index contributed by atoms with van der Waals surface area (Å²) in [7, 11) is 0. The van der Waals surface area contributed by atoms with Crippen molar-refractivity contribution in [2.45, 2.75) is 19.3 Å². The third kappa shape index (κ3) is 5.52. The van der Waals surface area contributed by atoms with Crippen LogP contribution in [0.25, 0.3) is 0 Å². The lowest BCUT2D eigenvalue weighted by Gasteiger charge is -2.09. The maximum atomic E-state index is 5.38. The minimum atomic E-state index is 0.849. The Bertz CT molecular complexity index is 55.5. The Morgan fingerprint density at radius 1 is 0.667 bits per heavy atom. The second-order valence-electron chi connectivity index (χ2n) is 3.17. The molecule has 0 amide bonds. The molecule has 0 unspecified atom stereocenters. The zero-order chi connectivity index (χ0) is 8.49. The summed E-state index contributed by atoms with van der Waals surface area (Å²) in [6.07, 6.45) is 3.92. The first-order valence-corrected chi connectivity index (χ1v) is 4.99. The lowest BCUT2D eigenvalue weighted by Crippen LogP contribution is -2.26. The van der Waals surface area contributed by atoms with Gasteiger partial charge in [0.15, 0.2) is 0 Å². The van der Waals surface area contributed by atoms with Crippen LogP contribution in [0.4, 0.5) is 0 Å². The molecule has 0 spiro atoms. The van der Waals surface area contributed by atoms with Crippen molar-refractivity contribution in [3.8, 4) is 0 Å². The van der Waals surface area contributed by atoms with Gasteiger partial charge in [-0.3, -0.25) is 0 Å². The van der Waals surface area contributed by atoms with E-state index in [4.69, 9.17) is 4.74 Å². The number of hydrogen-bond acceptors (Lipinski definition) is 3. The van der Waals surface area contributed by atoms with Crippen LogP contribution in [0.15, 0.2) is 0 Å². The van der Waals surface area contributed by atoms with E-state index >= 15 is 0 Å². The molecule has 72 valence electrons. The van der Waals surface area contributed by atoms with E-state index in [1.807, 2.05) is 0 Å². The van der Waals surface area contributed by atoms with Gasteiger partial charge in [0, 0.05) is 13.1 Å². The molecular formula is C9H20N2O. The molecule has 0 atom stereocenters. The molecule has 1 fully saturated rings. The average Bonchev–Trinajstić information content (AvgIpc) is 2.05. The molecule has 1 aliphatic heterocycles. The molecule has 1 saturated heterocycles. The van der Waals surface area contributed by atoms with Crippen molar-refractivity contribution in [2.75, 3.05) is 39.4 Å². The molecule has 0 aliphatic carbocycles. The van der Waals surface area contributed by atoms with Crippen LogP contribution in [0.2, 0.25) is 0 Å². The van der Waals surface area contributed by atoms with Crippen molar-refractivity contribution in [1.29, 1.82) is 0 Å². The van der Waals surface area contributed by atoms with Crippen molar-refractivity contribution >= 4 is 0 Å². The zero-order valence-corrected chi connectivity index (χ0v) is 7.77. The molecule has 0 aromatic rings. The Kier molecular flexibility index (Phi) is 6.25. The third-order valence-electron chi connectivity index (χ3n) is 2.05. The lowest BCUT2D eigenvalue weighted by atomic mass is 10.2. The predicted octanol–water partition coefficient (Wildman–Crippen LogP) is 0.366. The topological polar surface area (TPSA) is 33.3 Å². The highest BCUT2D eigenvalue weighted by Crippen LogP contribution is 1.92. The highest BCUT2D eigenvalue weighted by molar-refractivity contribution is 4.53. The Morgan fingerprint density at radius 3 is 1.83 bits per heavy atom. The van der Waals surface area contributed by atoms with Crippen molar-refractivity contribution in [3.05, 3.63) is 0 Å². The fourth-order valence-corrected chi connectivity index (χ4v) is 1.32. The maximum absolute atomic E-state index is 5.38. The van der Waals surface area contributed by atoms with E-state index in [-0.39, 0.29) is 0 Å². The summed E-state index contributed by atoms with van der Waals surface area (Å²) in [6.45, 7) is 5.98. The molecule has 0 aromatic heterocycles. The molecule has 3 nitrogen and oxygen atoms in total. The third-order valence-corrected chi connectivity index (χ3v) is 2.05. The second kappa shape index (κ2) is 7.53. The SMILES string of the molecule is C1CCNCCOCCNCC1. The molecular weight excluding hydrogens is 152 g/mol. The van der Waals surface area contributed by atoms with Gasteiger partial charge >= 0.3 is 0 Å². The second-order valence-corrected chi connectivity index (χ2v) is 3.17. The van der Waals surface area contributed by atoms with Gasteiger partial charge in [0.25, 0.3) is 0 Å². The summed E-state index contributed by atoms with van der Waals surface area (Å²) in [6, 6.07) is 0. The van der Waals surface area contributed by atoms with E-state index in [2.05, 4.69) is 10.6 Å². The minimum Gasteiger partial charge on any atom is -0.379 e. The zero-order valence-electron chi connectivity index (χ0n) is 7.77. The van der Waals surface area contributed by atoms with Crippen molar-refractivity contribution in [2.24, 2.45) is 0 Å². The monoisotopic (exact) mass is 172 g/mol. The highest BCUT2D eigenvalue weighted by Gasteiger charge is 1.93. The molecule has 0 radical (unpaired) electrons. The molecule has 1 rings (SSSR count). The Morgan fingerprint density at radius 2 is 1.25 bits per heavy atom. The predicted molar refractivity (Wildman–Crippen MR) is 50.4 cm³/mol. The van der Waals surface area contributed by atoms with Crippen LogP contribution in [-0.4, -0.2) is 39.4 Å². The molecule has 3 heteroatoms. The molecule has 1 heterocycles. The van der Waals surface area contributed by atoms with Crippen LogP contribution in [0, 0.1) is 0 Å². The first-order valence-electron chi connectivity index (χ1n) is 4.99. The normalized spacial score (nSPS) is 24.0. The van der Waals surface area contributed by atoms with Gasteiger partial charge in [-0.1, -0.05) is 6.42 Å². The van der Waals surface area contributed by atoms with Gasteiger partial charge in [0.05, 0.1) is 13.2 Å². The summed E-state index contributed by atoms with van der Waals surface area (Å²) >= 11 is 0. The molecule has 0 aromatic carbocycles. The van der Waals surface area contributed by atoms with E-state index in [1.165, 1.54) is 19.3 Å². The van der Waals surface area contributed by atoms with Gasteiger partial charge in [-0.25, -0.2) is 0 Å². The van der Waals surface area contributed by atoms with Crippen LogP contribution in [0.5, 0.6) is 0 Å². The first-order chi connectivity index (χ1) is 6.00. The van der Waals surface area contributed by atoms with Crippen molar-refractivity contribution in [3.63, 3.8) is 0 Å². The largest absolute Gasteiger partial charge is 0.379 e. The van der Waals surface area contributed by atoms with E-state index in [1.54, 1.807) is 0 Å². The molecule has 1 aliphatic rings. The van der Waals surface area contributed by atoms with Gasteiger partial charge < -0.3 is 15.4 Å². The number of ether oxygens (including phenoxy) is 1. The first kappa shape index (κ1) is 9.96. The van der Waals surface area contributed by atoms with Crippen molar-refractivity contribution in [1.82, 2.24) is 10.6 Å². The summed E-state index contributed by atoms with van der Waals surface area (Å²) in [5, 5.41) is 6.72. The van der Waals surface area contributed by atoms with Gasteiger partial charge in [-0.2, -0.15) is 0 Å². The van der Waals surface area contributed by atoms with Gasteiger partial charge in [0.2, 0.25) is 0 Å². The van der Waals surface area contributed by atoms with Crippen LogP contribution in [0.1, 0.15) is 19.3 Å². The minimum absolute atomic E-state index is 0.849. The fraction of sp³-hybridized carbons (Fsp3) is 1.00. The standard InChI is InChI=1S/C9H20N2O/c1-2-4-10-6-8-12-9-7-11-5-3-1/h10-11H,1-9H2. The molecule has 0 bridgehead atoms. The molecule has 12 heavy (non-hydrogen) atoms. The van der Waals surface area contributed by atoms with E-state index < -0.39 is 0 Å². The molecule has 0 saturated carbocycles. The van der Waals surface area contributed by atoms with Crippen molar-refractivity contribution < 1.29 is 4.74 Å². The average molecular weight is 172 g/mol. The summed E-state index contributed by atoms with van der Waals surface area (Å²) < 4.78 is 5.38. The van der Waals surface area contributed by atoms with Gasteiger partial charge in [0.1, 0.15) is 0 Å². The van der Waals surface area contributed by atoms with Crippen LogP contribution in [0.3, 0.4) is 0 Å². The maximum Gasteiger partial charge on any atom is 0.0591 e. The molecule has 2 N–H and O–H groups in total. The number of nitrogens with one attached hydrogen (secondary N) is 2. The Labute approximate surface area is 74.9 Å². The smallest absolute Gasteiger partial charge is 0.0591 e. The van der Waals surface area contributed by atoms with Crippen LogP contribution >= 0.6 is 0 Å². The quantitative estimate of drug-likeness (QED) is 0.554. The van der Waals surface area contributed by atoms with Crippen LogP contribution < -0.4 is 10.6 Å². The van der Waals surface area contributed by atoms with E-state index in [0.717, 1.165) is 39.4 Å². The Hall–Kier alpha value is -0.120. The summed E-state index contributed by atoms with van der Waals surface area (Å²) in [5.74, 6) is 0. The summed E-state index contributed by atoms with van der Waals surface area (Å²) in [4.78, 5) is 0. The number of hydrogen-bond donors (Lipinski definition) is 2. The lowest BCUT2D eigenvalue weighted by molar-refractivity contribution is 0.137. The highest BCUT2D eigenvalue weighted by atomic mass is 16.5. The van der Waals surface area contributed by atoms with E-state index in [0.29, 0.717) is 0 Å².